The number of aromatic nitrogens is 2. The zero-order chi connectivity index (χ0) is 20.7. The highest BCUT2D eigenvalue weighted by atomic mass is 32.2. The Labute approximate surface area is 167 Å². The number of rotatable bonds is 4. The van der Waals surface area contributed by atoms with Crippen LogP contribution in [0.1, 0.15) is 48.2 Å². The van der Waals surface area contributed by atoms with E-state index in [1.807, 2.05) is 13.0 Å². The largest absolute Gasteiger partial charge is 0.283 e. The minimum absolute atomic E-state index is 0.00304. The van der Waals surface area contributed by atoms with Crippen molar-refractivity contribution < 1.29 is 16.8 Å². The third kappa shape index (κ3) is 3.62. The summed E-state index contributed by atoms with van der Waals surface area (Å²) in [6, 6.07) is 5.16. The van der Waals surface area contributed by atoms with Crippen molar-refractivity contribution in [2.24, 2.45) is 0 Å². The molecule has 0 saturated carbocycles. The number of hydrogen-bond donors (Lipinski definition) is 0. The van der Waals surface area contributed by atoms with Crippen LogP contribution in [-0.2, 0) is 20.0 Å². The number of aryl methyl sites for hydroxylation is 3. The quantitative estimate of drug-likeness (QED) is 0.751. The molecule has 1 aliphatic rings. The lowest BCUT2D eigenvalue weighted by Crippen LogP contribution is -2.32. The fourth-order valence-electron chi connectivity index (χ4n) is 3.70. The molecule has 3 rings (SSSR count). The molecule has 1 fully saturated rings. The molecule has 0 spiro atoms. The molecule has 9 heteroatoms. The molecular weight excluding hydrogens is 398 g/mol. The summed E-state index contributed by atoms with van der Waals surface area (Å²) in [7, 11) is -7.80. The highest BCUT2D eigenvalue weighted by molar-refractivity contribution is 7.90. The number of hydrogen-bond acceptors (Lipinski definition) is 5. The molecule has 0 N–H and O–H groups in total. The fraction of sp³-hybridized carbons (Fsp3) is 0.526. The summed E-state index contributed by atoms with van der Waals surface area (Å²) in [5.41, 5.74) is 1.73. The van der Waals surface area contributed by atoms with Crippen LogP contribution in [0.15, 0.2) is 28.0 Å². The molecule has 1 aromatic carbocycles. The van der Waals surface area contributed by atoms with Crippen LogP contribution in [0, 0.1) is 27.7 Å². The lowest BCUT2D eigenvalue weighted by molar-refractivity contribution is 0.423. The summed E-state index contributed by atoms with van der Waals surface area (Å²) in [4.78, 5) is 0.139. The van der Waals surface area contributed by atoms with E-state index in [9.17, 15) is 16.8 Å². The summed E-state index contributed by atoms with van der Waals surface area (Å²) in [5, 5.41) is 4.14. The first-order chi connectivity index (χ1) is 13.1. The second kappa shape index (κ2) is 7.61. The minimum atomic E-state index is -4.00. The van der Waals surface area contributed by atoms with Crippen LogP contribution in [0.4, 0.5) is 0 Å². The van der Waals surface area contributed by atoms with Crippen LogP contribution in [-0.4, -0.2) is 43.4 Å². The second-order valence-electron chi connectivity index (χ2n) is 7.44. The van der Waals surface area contributed by atoms with Gasteiger partial charge < -0.3 is 0 Å². The van der Waals surface area contributed by atoms with Crippen molar-refractivity contribution in [2.75, 3.05) is 13.1 Å². The highest BCUT2D eigenvalue weighted by Crippen LogP contribution is 2.29. The number of sulfonamides is 1. The Morgan fingerprint density at radius 1 is 0.857 bits per heavy atom. The summed E-state index contributed by atoms with van der Waals surface area (Å²) in [6.07, 6.45) is 3.63. The number of nitrogens with zero attached hydrogens (tertiary/aromatic N) is 3. The Hall–Kier alpha value is -1.71. The van der Waals surface area contributed by atoms with Gasteiger partial charge in [0.1, 0.15) is 4.90 Å². The molecule has 0 aliphatic carbocycles. The Kier molecular flexibility index (Phi) is 5.71. The minimum Gasteiger partial charge on any atom is -0.207 e. The average Bonchev–Trinajstić information content (AvgIpc) is 2.80. The van der Waals surface area contributed by atoms with Crippen molar-refractivity contribution in [3.63, 3.8) is 0 Å². The molecule has 0 amide bonds. The Bertz CT molecular complexity index is 1090. The van der Waals surface area contributed by atoms with Gasteiger partial charge >= 0.3 is 0 Å². The molecule has 7 nitrogen and oxygen atoms in total. The Morgan fingerprint density at radius 2 is 1.46 bits per heavy atom. The third-order valence-corrected chi connectivity index (χ3v) is 9.16. The van der Waals surface area contributed by atoms with Gasteiger partial charge in [0.25, 0.3) is 10.0 Å². The molecule has 0 atom stereocenters. The van der Waals surface area contributed by atoms with E-state index in [0.717, 1.165) is 35.3 Å². The molecule has 0 radical (unpaired) electrons. The van der Waals surface area contributed by atoms with E-state index in [-0.39, 0.29) is 21.2 Å². The van der Waals surface area contributed by atoms with E-state index < -0.39 is 20.0 Å². The highest BCUT2D eigenvalue weighted by Gasteiger charge is 2.34. The standard InChI is InChI=1S/C19H27N3O4S2/c1-14-9-10-15(2)18(13-14)27(23,24)22-17(4)19(16(3)20-22)28(25,26)21-11-7-5-6-8-12-21/h9-10,13H,5-8,11-12H2,1-4H3. The van der Waals surface area contributed by atoms with Crippen molar-refractivity contribution in [3.05, 3.63) is 40.7 Å². The van der Waals surface area contributed by atoms with E-state index in [4.69, 9.17) is 0 Å². The molecule has 2 aromatic rings. The predicted molar refractivity (Wildman–Crippen MR) is 107 cm³/mol. The van der Waals surface area contributed by atoms with Gasteiger partial charge in [-0.3, -0.25) is 0 Å². The summed E-state index contributed by atoms with van der Waals surface area (Å²) < 4.78 is 55.3. The summed E-state index contributed by atoms with van der Waals surface area (Å²) in [5.74, 6) is 0. The van der Waals surface area contributed by atoms with Gasteiger partial charge in [-0.15, -0.1) is 0 Å². The van der Waals surface area contributed by atoms with Crippen LogP contribution < -0.4 is 0 Å². The molecule has 2 heterocycles. The maximum atomic E-state index is 13.3. The Morgan fingerprint density at radius 3 is 2.07 bits per heavy atom. The van der Waals surface area contributed by atoms with Gasteiger partial charge in [0, 0.05) is 13.1 Å². The molecule has 1 saturated heterocycles. The van der Waals surface area contributed by atoms with Gasteiger partial charge in [0.15, 0.2) is 0 Å². The van der Waals surface area contributed by atoms with Crippen molar-refractivity contribution in [1.29, 1.82) is 0 Å². The van der Waals surface area contributed by atoms with Crippen molar-refractivity contribution in [3.8, 4) is 0 Å². The smallest absolute Gasteiger partial charge is 0.207 e. The van der Waals surface area contributed by atoms with Crippen LogP contribution in [0.2, 0.25) is 0 Å². The van der Waals surface area contributed by atoms with Gasteiger partial charge in [-0.05, 0) is 57.7 Å². The van der Waals surface area contributed by atoms with Crippen LogP contribution in [0.5, 0.6) is 0 Å². The summed E-state index contributed by atoms with van der Waals surface area (Å²) in [6.45, 7) is 7.49. The second-order valence-corrected chi connectivity index (χ2v) is 11.0. The van der Waals surface area contributed by atoms with Crippen molar-refractivity contribution in [2.45, 2.75) is 63.2 Å². The molecule has 28 heavy (non-hydrogen) atoms. The van der Waals surface area contributed by atoms with E-state index in [0.29, 0.717) is 18.7 Å². The van der Waals surface area contributed by atoms with Gasteiger partial charge in [0.05, 0.1) is 16.3 Å². The van der Waals surface area contributed by atoms with Crippen LogP contribution >= 0.6 is 0 Å². The molecule has 154 valence electrons. The van der Waals surface area contributed by atoms with Crippen LogP contribution in [0.3, 0.4) is 0 Å². The predicted octanol–water partition coefficient (Wildman–Crippen LogP) is 2.92. The normalized spacial score (nSPS) is 16.9. The fourth-order valence-corrected chi connectivity index (χ4v) is 7.31. The molecular formula is C19H27N3O4S2. The zero-order valence-corrected chi connectivity index (χ0v) is 18.4. The first-order valence-electron chi connectivity index (χ1n) is 9.46. The van der Waals surface area contributed by atoms with Crippen molar-refractivity contribution >= 4 is 20.0 Å². The lowest BCUT2D eigenvalue weighted by atomic mass is 10.2. The van der Waals surface area contributed by atoms with Gasteiger partial charge in [0.2, 0.25) is 10.0 Å². The Balaban J connectivity index is 2.13. The average molecular weight is 426 g/mol. The van der Waals surface area contributed by atoms with Crippen molar-refractivity contribution in [1.82, 2.24) is 13.5 Å². The van der Waals surface area contributed by atoms with E-state index in [2.05, 4.69) is 5.10 Å². The first-order valence-corrected chi connectivity index (χ1v) is 12.3. The van der Waals surface area contributed by atoms with E-state index >= 15 is 0 Å². The number of benzene rings is 1. The molecule has 1 aromatic heterocycles. The lowest BCUT2D eigenvalue weighted by Gasteiger charge is -2.20. The monoisotopic (exact) mass is 425 g/mol. The van der Waals surface area contributed by atoms with E-state index in [1.54, 1.807) is 26.0 Å². The van der Waals surface area contributed by atoms with Gasteiger partial charge in [-0.1, -0.05) is 25.0 Å². The van der Waals surface area contributed by atoms with E-state index in [1.165, 1.54) is 11.2 Å². The molecule has 0 bridgehead atoms. The van der Waals surface area contributed by atoms with Gasteiger partial charge in [-0.25, -0.2) is 8.42 Å². The first kappa shape index (κ1) is 21.0. The van der Waals surface area contributed by atoms with Crippen LogP contribution in [0.25, 0.3) is 0 Å². The topological polar surface area (TPSA) is 89.3 Å². The molecule has 1 aliphatic heterocycles. The maximum absolute atomic E-state index is 13.3. The maximum Gasteiger partial charge on any atom is 0.283 e. The summed E-state index contributed by atoms with van der Waals surface area (Å²) >= 11 is 0. The SMILES string of the molecule is Cc1ccc(C)c(S(=O)(=O)n2nc(C)c(S(=O)(=O)N3CCCCCC3)c2C)c1. The zero-order valence-electron chi connectivity index (χ0n) is 16.8. The third-order valence-electron chi connectivity index (χ3n) is 5.20. The molecule has 0 unspecified atom stereocenters. The van der Waals surface area contributed by atoms with Gasteiger partial charge in [-0.2, -0.15) is 21.9 Å².